The fourth-order valence-corrected chi connectivity index (χ4v) is 1.81. The molecule has 1 amide bonds. The molecule has 0 spiro atoms. The van der Waals surface area contributed by atoms with Gasteiger partial charge in [0.1, 0.15) is 18.1 Å². The molecule has 1 N–H and O–H groups in total. The highest BCUT2D eigenvalue weighted by molar-refractivity contribution is 5.88. The van der Waals surface area contributed by atoms with Crippen molar-refractivity contribution in [2.24, 2.45) is 0 Å². The summed E-state index contributed by atoms with van der Waals surface area (Å²) in [6, 6.07) is 10.2. The van der Waals surface area contributed by atoms with E-state index in [0.29, 0.717) is 25.5 Å². The van der Waals surface area contributed by atoms with E-state index in [1.807, 2.05) is 19.1 Å². The van der Waals surface area contributed by atoms with Crippen LogP contribution in [-0.2, 0) is 9.53 Å². The first-order chi connectivity index (χ1) is 11.7. The first kappa shape index (κ1) is 17.4. The number of ether oxygens (including phenoxy) is 3. The number of furan rings is 1. The molecule has 7 nitrogen and oxygen atoms in total. The highest BCUT2D eigenvalue weighted by Crippen LogP contribution is 2.17. The highest BCUT2D eigenvalue weighted by Gasteiger charge is 2.12. The number of carbonyl (C=O) groups is 2. The number of carbonyl (C=O) groups excluding carboxylic acids is 2. The lowest BCUT2D eigenvalue weighted by Crippen LogP contribution is -2.32. The predicted molar refractivity (Wildman–Crippen MR) is 85.1 cm³/mol. The summed E-state index contributed by atoms with van der Waals surface area (Å²) in [5.74, 6) is 0.418. The lowest BCUT2D eigenvalue weighted by molar-refractivity contribution is -0.124. The van der Waals surface area contributed by atoms with E-state index >= 15 is 0 Å². The van der Waals surface area contributed by atoms with E-state index in [1.54, 1.807) is 18.2 Å². The summed E-state index contributed by atoms with van der Waals surface area (Å²) in [4.78, 5) is 23.0. The highest BCUT2D eigenvalue weighted by atomic mass is 16.5. The molecule has 0 radical (unpaired) electrons. The van der Waals surface area contributed by atoms with Gasteiger partial charge >= 0.3 is 5.97 Å². The summed E-state index contributed by atoms with van der Waals surface area (Å²) in [6.45, 7) is 2.74. The summed E-state index contributed by atoms with van der Waals surface area (Å²) in [7, 11) is 0. The standard InChI is InChI=1S/C17H19NO6/c1-2-21-13-5-7-14(8-6-13)22-11-9-18-16(19)12-24-17(20)15-4-3-10-23-15/h3-8,10H,2,9,11-12H2,1H3,(H,18,19). The molecular weight excluding hydrogens is 314 g/mol. The molecule has 0 atom stereocenters. The molecule has 128 valence electrons. The van der Waals surface area contributed by atoms with Gasteiger partial charge in [-0.1, -0.05) is 0 Å². The Morgan fingerprint density at radius 1 is 1.08 bits per heavy atom. The van der Waals surface area contributed by atoms with Crippen molar-refractivity contribution in [3.63, 3.8) is 0 Å². The molecular formula is C17H19NO6. The van der Waals surface area contributed by atoms with E-state index < -0.39 is 11.9 Å². The Bertz CT molecular complexity index is 636. The van der Waals surface area contributed by atoms with Crippen LogP contribution in [0.15, 0.2) is 47.1 Å². The Hall–Kier alpha value is -2.96. The Kier molecular flexibility index (Phi) is 6.70. The van der Waals surface area contributed by atoms with Gasteiger partial charge in [0.05, 0.1) is 19.4 Å². The number of hydrogen-bond donors (Lipinski definition) is 1. The van der Waals surface area contributed by atoms with Gasteiger partial charge in [-0.05, 0) is 43.3 Å². The first-order valence-electron chi connectivity index (χ1n) is 7.52. The van der Waals surface area contributed by atoms with Crippen LogP contribution in [0.1, 0.15) is 17.5 Å². The van der Waals surface area contributed by atoms with Crippen LogP contribution in [-0.4, -0.2) is 38.2 Å². The van der Waals surface area contributed by atoms with Crippen molar-refractivity contribution in [2.75, 3.05) is 26.4 Å². The van der Waals surface area contributed by atoms with Gasteiger partial charge in [-0.2, -0.15) is 0 Å². The van der Waals surface area contributed by atoms with Gasteiger partial charge in [-0.15, -0.1) is 0 Å². The average Bonchev–Trinajstić information content (AvgIpc) is 3.13. The third kappa shape index (κ3) is 5.68. The van der Waals surface area contributed by atoms with Gasteiger partial charge in [0.2, 0.25) is 5.76 Å². The minimum Gasteiger partial charge on any atom is -0.494 e. The second kappa shape index (κ2) is 9.24. The SMILES string of the molecule is CCOc1ccc(OCCNC(=O)COC(=O)c2ccco2)cc1. The molecule has 0 saturated heterocycles. The van der Waals surface area contributed by atoms with Crippen LogP contribution in [0.25, 0.3) is 0 Å². The molecule has 1 aromatic carbocycles. The smallest absolute Gasteiger partial charge is 0.374 e. The number of nitrogens with one attached hydrogen (secondary N) is 1. The number of esters is 1. The largest absolute Gasteiger partial charge is 0.494 e. The molecule has 0 aliphatic rings. The van der Waals surface area contributed by atoms with E-state index in [9.17, 15) is 9.59 Å². The minimum atomic E-state index is -0.680. The van der Waals surface area contributed by atoms with E-state index in [0.717, 1.165) is 5.75 Å². The average molecular weight is 333 g/mol. The topological polar surface area (TPSA) is 87.0 Å². The molecule has 24 heavy (non-hydrogen) atoms. The first-order valence-corrected chi connectivity index (χ1v) is 7.52. The quantitative estimate of drug-likeness (QED) is 0.558. The van der Waals surface area contributed by atoms with Crippen LogP contribution >= 0.6 is 0 Å². The number of amides is 1. The molecule has 1 aromatic heterocycles. The second-order valence-electron chi connectivity index (χ2n) is 4.66. The third-order valence-corrected chi connectivity index (χ3v) is 2.88. The summed E-state index contributed by atoms with van der Waals surface area (Å²) < 4.78 is 20.5. The van der Waals surface area contributed by atoms with Gasteiger partial charge in [0.15, 0.2) is 6.61 Å². The summed E-state index contributed by atoms with van der Waals surface area (Å²) >= 11 is 0. The van der Waals surface area contributed by atoms with Gasteiger partial charge in [0.25, 0.3) is 5.91 Å². The number of hydrogen-bond acceptors (Lipinski definition) is 6. The van der Waals surface area contributed by atoms with Gasteiger partial charge in [-0.3, -0.25) is 4.79 Å². The van der Waals surface area contributed by atoms with Crippen molar-refractivity contribution in [2.45, 2.75) is 6.92 Å². The van der Waals surface area contributed by atoms with Crippen LogP contribution in [0, 0.1) is 0 Å². The fourth-order valence-electron chi connectivity index (χ4n) is 1.81. The molecule has 0 bridgehead atoms. The molecule has 1 heterocycles. The van der Waals surface area contributed by atoms with Crippen LogP contribution in [0.3, 0.4) is 0 Å². The van der Waals surface area contributed by atoms with Gasteiger partial charge < -0.3 is 23.9 Å². The van der Waals surface area contributed by atoms with Crippen LogP contribution < -0.4 is 14.8 Å². The molecule has 0 unspecified atom stereocenters. The Balaban J connectivity index is 1.59. The number of rotatable bonds is 9. The van der Waals surface area contributed by atoms with Crippen LogP contribution in [0.5, 0.6) is 11.5 Å². The van der Waals surface area contributed by atoms with Crippen molar-refractivity contribution in [1.82, 2.24) is 5.32 Å². The Morgan fingerprint density at radius 2 is 1.79 bits per heavy atom. The van der Waals surface area contributed by atoms with Crippen LogP contribution in [0.2, 0.25) is 0 Å². The minimum absolute atomic E-state index is 0.0571. The molecule has 0 aliphatic carbocycles. The fraction of sp³-hybridized carbons (Fsp3) is 0.294. The van der Waals surface area contributed by atoms with E-state index in [1.165, 1.54) is 12.3 Å². The number of benzene rings is 1. The third-order valence-electron chi connectivity index (χ3n) is 2.88. The van der Waals surface area contributed by atoms with Crippen molar-refractivity contribution >= 4 is 11.9 Å². The second-order valence-corrected chi connectivity index (χ2v) is 4.66. The lowest BCUT2D eigenvalue weighted by atomic mass is 10.3. The van der Waals surface area contributed by atoms with Gasteiger partial charge in [0, 0.05) is 0 Å². The summed E-state index contributed by atoms with van der Waals surface area (Å²) in [5.41, 5.74) is 0. The molecule has 2 aromatic rings. The normalized spacial score (nSPS) is 10.0. The Labute approximate surface area is 139 Å². The zero-order valence-electron chi connectivity index (χ0n) is 13.3. The van der Waals surface area contributed by atoms with Crippen molar-refractivity contribution in [1.29, 1.82) is 0 Å². The molecule has 7 heteroatoms. The lowest BCUT2D eigenvalue weighted by Gasteiger charge is -2.09. The van der Waals surface area contributed by atoms with E-state index in [4.69, 9.17) is 18.6 Å². The molecule has 0 aliphatic heterocycles. The molecule has 0 saturated carbocycles. The van der Waals surface area contributed by atoms with Crippen molar-refractivity contribution in [3.8, 4) is 11.5 Å². The summed E-state index contributed by atoms with van der Waals surface area (Å²) in [6.07, 6.45) is 1.36. The van der Waals surface area contributed by atoms with Crippen molar-refractivity contribution < 1.29 is 28.2 Å². The van der Waals surface area contributed by atoms with Crippen LogP contribution in [0.4, 0.5) is 0 Å². The maximum atomic E-state index is 11.6. The molecule has 2 rings (SSSR count). The predicted octanol–water partition coefficient (Wildman–Crippen LogP) is 2.03. The Morgan fingerprint density at radius 3 is 2.42 bits per heavy atom. The molecule has 0 fully saturated rings. The van der Waals surface area contributed by atoms with E-state index in [2.05, 4.69) is 5.32 Å². The summed E-state index contributed by atoms with van der Waals surface area (Å²) in [5, 5.41) is 2.59. The maximum absolute atomic E-state index is 11.6. The maximum Gasteiger partial charge on any atom is 0.374 e. The van der Waals surface area contributed by atoms with E-state index in [-0.39, 0.29) is 12.4 Å². The van der Waals surface area contributed by atoms with Crippen molar-refractivity contribution in [3.05, 3.63) is 48.4 Å². The zero-order chi connectivity index (χ0) is 17.2. The van der Waals surface area contributed by atoms with Gasteiger partial charge in [-0.25, -0.2) is 4.79 Å². The monoisotopic (exact) mass is 333 g/mol. The zero-order valence-corrected chi connectivity index (χ0v) is 13.3.